The topological polar surface area (TPSA) is 123 Å². The zero-order valence-corrected chi connectivity index (χ0v) is 21.1. The molecule has 6 rings (SSSR count). The first-order valence-corrected chi connectivity index (χ1v) is 12.7. The van der Waals surface area contributed by atoms with Gasteiger partial charge in [0.05, 0.1) is 22.4 Å². The number of para-hydroxylation sites is 2. The second-order valence-corrected chi connectivity index (χ2v) is 9.84. The van der Waals surface area contributed by atoms with Crippen molar-refractivity contribution in [2.75, 3.05) is 44.3 Å². The van der Waals surface area contributed by atoms with Gasteiger partial charge in [-0.2, -0.15) is 0 Å². The molecular weight excluding hydrogens is 478 g/mol. The van der Waals surface area contributed by atoms with Crippen LogP contribution in [0.1, 0.15) is 15.9 Å². The summed E-state index contributed by atoms with van der Waals surface area (Å²) < 4.78 is 0. The SMILES string of the molecule is CN1CCN(Cc2ccc(NC(=O)c3ccc4[nH]c(-c5nc6ccccc6[nH]c5=O)c(N)c4c3)cc2)CC1. The number of aromatic nitrogens is 3. The summed E-state index contributed by atoms with van der Waals surface area (Å²) in [6.45, 7) is 5.20. The van der Waals surface area contributed by atoms with E-state index in [2.05, 4.69) is 49.2 Å². The molecule has 0 radical (unpaired) electrons. The molecule has 0 aliphatic carbocycles. The Balaban J connectivity index is 1.20. The van der Waals surface area contributed by atoms with Crippen molar-refractivity contribution in [2.24, 2.45) is 0 Å². The van der Waals surface area contributed by atoms with Crippen LogP contribution >= 0.6 is 0 Å². The number of hydrogen-bond donors (Lipinski definition) is 4. The number of carbonyl (C=O) groups excluding carboxylic acids is 1. The summed E-state index contributed by atoms with van der Waals surface area (Å²) in [6, 6.07) is 20.6. The number of rotatable bonds is 5. The zero-order valence-electron chi connectivity index (χ0n) is 21.1. The van der Waals surface area contributed by atoms with Crippen molar-refractivity contribution in [3.8, 4) is 11.4 Å². The van der Waals surface area contributed by atoms with E-state index in [0.717, 1.165) is 43.9 Å². The average Bonchev–Trinajstić information content (AvgIpc) is 3.26. The molecule has 0 unspecified atom stereocenters. The molecule has 38 heavy (non-hydrogen) atoms. The van der Waals surface area contributed by atoms with Crippen LogP contribution in [0.15, 0.2) is 71.5 Å². The summed E-state index contributed by atoms with van der Waals surface area (Å²) in [5.74, 6) is -0.234. The predicted molar refractivity (Wildman–Crippen MR) is 151 cm³/mol. The molecule has 1 amide bonds. The van der Waals surface area contributed by atoms with E-state index in [1.165, 1.54) is 5.56 Å². The Labute approximate surface area is 219 Å². The lowest BCUT2D eigenvalue weighted by atomic mass is 10.1. The summed E-state index contributed by atoms with van der Waals surface area (Å²) in [5, 5.41) is 3.63. The number of benzene rings is 3. The van der Waals surface area contributed by atoms with E-state index in [-0.39, 0.29) is 17.2 Å². The van der Waals surface area contributed by atoms with Crippen molar-refractivity contribution < 1.29 is 4.79 Å². The Kier molecular flexibility index (Phi) is 6.15. The molecule has 0 spiro atoms. The highest BCUT2D eigenvalue weighted by atomic mass is 16.1. The van der Waals surface area contributed by atoms with Gasteiger partial charge in [-0.1, -0.05) is 24.3 Å². The first-order chi connectivity index (χ1) is 18.4. The summed E-state index contributed by atoms with van der Waals surface area (Å²) in [7, 11) is 2.15. The van der Waals surface area contributed by atoms with E-state index >= 15 is 0 Å². The van der Waals surface area contributed by atoms with E-state index in [1.807, 2.05) is 30.3 Å². The Morgan fingerprint density at radius 2 is 1.74 bits per heavy atom. The highest BCUT2D eigenvalue weighted by molar-refractivity contribution is 6.09. The number of nitrogen functional groups attached to an aromatic ring is 1. The summed E-state index contributed by atoms with van der Waals surface area (Å²) in [5.41, 5.74) is 11.6. The van der Waals surface area contributed by atoms with Crippen LogP contribution in [0.5, 0.6) is 0 Å². The van der Waals surface area contributed by atoms with Crippen LogP contribution < -0.4 is 16.6 Å². The van der Waals surface area contributed by atoms with E-state index in [9.17, 15) is 9.59 Å². The van der Waals surface area contributed by atoms with Crippen LogP contribution in [-0.4, -0.2) is 63.9 Å². The molecule has 1 aliphatic rings. The van der Waals surface area contributed by atoms with Crippen LogP contribution in [-0.2, 0) is 6.54 Å². The number of hydrogen-bond acceptors (Lipinski definition) is 6. The third-order valence-electron chi connectivity index (χ3n) is 7.15. The molecule has 0 atom stereocenters. The lowest BCUT2D eigenvalue weighted by Gasteiger charge is -2.32. The van der Waals surface area contributed by atoms with Crippen LogP contribution in [0.2, 0.25) is 0 Å². The molecule has 1 saturated heterocycles. The number of nitrogens with one attached hydrogen (secondary N) is 3. The van der Waals surface area contributed by atoms with Gasteiger partial charge in [-0.3, -0.25) is 14.5 Å². The van der Waals surface area contributed by atoms with Crippen LogP contribution in [0.3, 0.4) is 0 Å². The fourth-order valence-corrected chi connectivity index (χ4v) is 4.90. The van der Waals surface area contributed by atoms with Crippen molar-refractivity contribution in [3.63, 3.8) is 0 Å². The second kappa shape index (κ2) is 9.77. The van der Waals surface area contributed by atoms with Gasteiger partial charge in [-0.25, -0.2) is 4.98 Å². The highest BCUT2D eigenvalue weighted by Gasteiger charge is 2.18. The van der Waals surface area contributed by atoms with E-state index < -0.39 is 0 Å². The third kappa shape index (κ3) is 4.65. The minimum Gasteiger partial charge on any atom is -0.396 e. The van der Waals surface area contributed by atoms with Crippen molar-refractivity contribution in [2.45, 2.75) is 6.54 Å². The number of nitrogens with zero attached hydrogens (tertiary/aromatic N) is 3. The molecule has 0 bridgehead atoms. The molecule has 0 saturated carbocycles. The monoisotopic (exact) mass is 507 g/mol. The van der Waals surface area contributed by atoms with Gasteiger partial charge in [0.2, 0.25) is 0 Å². The largest absolute Gasteiger partial charge is 0.396 e. The number of aromatic amines is 2. The fraction of sp³-hybridized carbons (Fsp3) is 0.207. The minimum absolute atomic E-state index is 0.208. The van der Waals surface area contributed by atoms with Crippen LogP contribution in [0.4, 0.5) is 11.4 Å². The number of nitrogens with two attached hydrogens (primary N) is 1. The quantitative estimate of drug-likeness (QED) is 0.288. The molecular formula is C29H29N7O2. The Morgan fingerprint density at radius 1 is 0.974 bits per heavy atom. The number of amides is 1. The van der Waals surface area contributed by atoms with Gasteiger partial charge >= 0.3 is 0 Å². The molecule has 2 aromatic heterocycles. The van der Waals surface area contributed by atoms with E-state index in [1.54, 1.807) is 24.3 Å². The number of anilines is 2. The zero-order chi connectivity index (χ0) is 26.2. The van der Waals surface area contributed by atoms with Gasteiger partial charge in [-0.05, 0) is 55.1 Å². The molecule has 9 nitrogen and oxygen atoms in total. The van der Waals surface area contributed by atoms with Gasteiger partial charge in [0, 0.05) is 54.9 Å². The Hall–Kier alpha value is -4.47. The first-order valence-electron chi connectivity index (χ1n) is 12.7. The van der Waals surface area contributed by atoms with Crippen molar-refractivity contribution in [3.05, 3.63) is 88.2 Å². The lowest BCUT2D eigenvalue weighted by molar-refractivity contribution is 0.102. The van der Waals surface area contributed by atoms with Gasteiger partial charge in [0.1, 0.15) is 0 Å². The molecule has 192 valence electrons. The average molecular weight is 508 g/mol. The number of carbonyl (C=O) groups is 1. The fourth-order valence-electron chi connectivity index (χ4n) is 4.90. The van der Waals surface area contributed by atoms with Gasteiger partial charge < -0.3 is 25.9 Å². The van der Waals surface area contributed by atoms with Crippen LogP contribution in [0.25, 0.3) is 33.3 Å². The van der Waals surface area contributed by atoms with Gasteiger partial charge in [0.25, 0.3) is 11.5 Å². The molecule has 1 aliphatic heterocycles. The van der Waals surface area contributed by atoms with E-state index in [4.69, 9.17) is 5.73 Å². The van der Waals surface area contributed by atoms with Crippen molar-refractivity contribution in [1.29, 1.82) is 0 Å². The molecule has 3 heterocycles. The smallest absolute Gasteiger partial charge is 0.276 e. The number of likely N-dealkylation sites (N-methyl/N-ethyl adjacent to an activating group) is 1. The third-order valence-corrected chi connectivity index (χ3v) is 7.15. The molecule has 5 aromatic rings. The minimum atomic E-state index is -0.337. The number of H-pyrrole nitrogens is 2. The molecule has 3 aromatic carbocycles. The summed E-state index contributed by atoms with van der Waals surface area (Å²) in [4.78, 5) is 41.1. The lowest BCUT2D eigenvalue weighted by Crippen LogP contribution is -2.43. The highest BCUT2D eigenvalue weighted by Crippen LogP contribution is 2.31. The van der Waals surface area contributed by atoms with Crippen molar-refractivity contribution in [1.82, 2.24) is 24.8 Å². The molecule has 9 heteroatoms. The maximum Gasteiger partial charge on any atom is 0.276 e. The van der Waals surface area contributed by atoms with Crippen molar-refractivity contribution >= 4 is 39.2 Å². The van der Waals surface area contributed by atoms with E-state index in [0.29, 0.717) is 33.4 Å². The predicted octanol–water partition coefficient (Wildman–Crippen LogP) is 3.65. The summed E-state index contributed by atoms with van der Waals surface area (Å²) in [6.07, 6.45) is 0. The maximum absolute atomic E-state index is 13.0. The van der Waals surface area contributed by atoms with Crippen LogP contribution in [0, 0.1) is 0 Å². The second-order valence-electron chi connectivity index (χ2n) is 9.84. The summed E-state index contributed by atoms with van der Waals surface area (Å²) >= 11 is 0. The molecule has 1 fully saturated rings. The Morgan fingerprint density at radius 3 is 2.53 bits per heavy atom. The maximum atomic E-state index is 13.0. The van der Waals surface area contributed by atoms with Gasteiger partial charge in [-0.15, -0.1) is 0 Å². The normalized spacial score (nSPS) is 14.8. The Bertz CT molecular complexity index is 1700. The standard InChI is InChI=1S/C29H29N7O2/c1-35-12-14-36(15-13-35)17-18-6-9-20(10-7-18)31-28(37)19-8-11-22-21(16-19)25(30)26(32-22)27-29(38)34-24-5-3-2-4-23(24)33-27/h2-11,16,32H,12-15,17,30H2,1H3,(H,31,37)(H,34,38). The molecule has 5 N–H and O–H groups in total. The first kappa shape index (κ1) is 23.9. The number of fused-ring (bicyclic) bond motifs is 2. The number of piperazine rings is 1. The van der Waals surface area contributed by atoms with Gasteiger partial charge in [0.15, 0.2) is 5.69 Å².